The normalized spacial score (nSPS) is 18.1. The van der Waals surface area contributed by atoms with Crippen LogP contribution in [0.5, 0.6) is 0 Å². The molecule has 8 heteroatoms. The number of hydrogen-bond donors (Lipinski definition) is 1. The SMILES string of the molecule is Cl.O=C(CCN1CCN(C(=O)Cc2ccc(Cl)cc2)CC1)N1CCNCC1. The maximum Gasteiger partial charge on any atom is 0.227 e. The van der Waals surface area contributed by atoms with Crippen LogP contribution in [0.3, 0.4) is 0 Å². The zero-order chi connectivity index (χ0) is 18.4. The van der Waals surface area contributed by atoms with E-state index in [0.29, 0.717) is 17.9 Å². The standard InChI is InChI=1S/C19H27ClN4O2.ClH/c20-17-3-1-16(2-4-17)15-19(26)24-13-11-22(12-14-24)8-5-18(25)23-9-6-21-7-10-23;/h1-4,21H,5-15H2;1H. The van der Waals surface area contributed by atoms with Gasteiger partial charge in [0.05, 0.1) is 6.42 Å². The molecule has 3 rings (SSSR count). The smallest absolute Gasteiger partial charge is 0.227 e. The molecule has 0 bridgehead atoms. The van der Waals surface area contributed by atoms with Crippen LogP contribution in [-0.2, 0) is 16.0 Å². The minimum atomic E-state index is 0. The molecule has 2 saturated heterocycles. The fourth-order valence-corrected chi connectivity index (χ4v) is 3.56. The zero-order valence-electron chi connectivity index (χ0n) is 15.5. The lowest BCUT2D eigenvalue weighted by molar-refractivity contribution is -0.134. The van der Waals surface area contributed by atoms with Crippen LogP contribution in [0.1, 0.15) is 12.0 Å². The van der Waals surface area contributed by atoms with Crippen molar-refractivity contribution in [3.63, 3.8) is 0 Å². The number of rotatable bonds is 5. The van der Waals surface area contributed by atoms with Crippen LogP contribution in [0.15, 0.2) is 24.3 Å². The van der Waals surface area contributed by atoms with Gasteiger partial charge in [0.25, 0.3) is 0 Å². The molecule has 2 aliphatic rings. The van der Waals surface area contributed by atoms with Crippen molar-refractivity contribution in [2.75, 3.05) is 58.9 Å². The molecular weight excluding hydrogens is 387 g/mol. The molecule has 27 heavy (non-hydrogen) atoms. The summed E-state index contributed by atoms with van der Waals surface area (Å²) in [6, 6.07) is 7.44. The van der Waals surface area contributed by atoms with Gasteiger partial charge in [-0.25, -0.2) is 0 Å². The number of hydrogen-bond acceptors (Lipinski definition) is 4. The minimum Gasteiger partial charge on any atom is -0.340 e. The average molecular weight is 415 g/mol. The van der Waals surface area contributed by atoms with Gasteiger partial charge >= 0.3 is 0 Å². The van der Waals surface area contributed by atoms with Crippen LogP contribution in [-0.4, -0.2) is 85.4 Å². The largest absolute Gasteiger partial charge is 0.340 e. The van der Waals surface area contributed by atoms with Crippen LogP contribution >= 0.6 is 24.0 Å². The molecule has 0 aromatic heterocycles. The summed E-state index contributed by atoms with van der Waals surface area (Å²) in [6.45, 7) is 7.31. The van der Waals surface area contributed by atoms with Crippen LogP contribution in [0, 0.1) is 0 Å². The molecule has 6 nitrogen and oxygen atoms in total. The van der Waals surface area contributed by atoms with Gasteiger partial charge in [0.2, 0.25) is 11.8 Å². The lowest BCUT2D eigenvalue weighted by Gasteiger charge is -2.35. The number of carbonyl (C=O) groups excluding carboxylic acids is 2. The predicted molar refractivity (Wildman–Crippen MR) is 109 cm³/mol. The zero-order valence-corrected chi connectivity index (χ0v) is 17.1. The van der Waals surface area contributed by atoms with Gasteiger partial charge in [-0.1, -0.05) is 23.7 Å². The molecular formula is C19H28Cl2N4O2. The average Bonchev–Trinajstić information content (AvgIpc) is 2.69. The van der Waals surface area contributed by atoms with Crippen molar-refractivity contribution in [3.8, 4) is 0 Å². The van der Waals surface area contributed by atoms with E-state index >= 15 is 0 Å². The van der Waals surface area contributed by atoms with E-state index in [2.05, 4.69) is 10.2 Å². The highest BCUT2D eigenvalue weighted by Gasteiger charge is 2.22. The van der Waals surface area contributed by atoms with Crippen LogP contribution in [0.4, 0.5) is 0 Å². The fraction of sp³-hybridized carbons (Fsp3) is 0.579. The molecule has 1 aromatic rings. The third-order valence-corrected chi connectivity index (χ3v) is 5.36. The third kappa shape index (κ3) is 6.64. The Bertz CT molecular complexity index is 613. The summed E-state index contributed by atoms with van der Waals surface area (Å²) in [4.78, 5) is 30.8. The van der Waals surface area contributed by atoms with Crippen molar-refractivity contribution >= 4 is 35.8 Å². The van der Waals surface area contributed by atoms with Crippen molar-refractivity contribution in [1.29, 1.82) is 0 Å². The first-order valence-corrected chi connectivity index (χ1v) is 9.73. The minimum absolute atomic E-state index is 0. The van der Waals surface area contributed by atoms with E-state index in [1.807, 2.05) is 34.1 Å². The summed E-state index contributed by atoms with van der Waals surface area (Å²) in [5.74, 6) is 0.400. The van der Waals surface area contributed by atoms with Gasteiger partial charge in [-0.15, -0.1) is 12.4 Å². The molecule has 0 saturated carbocycles. The van der Waals surface area contributed by atoms with Gasteiger partial charge in [0.1, 0.15) is 0 Å². The molecule has 1 N–H and O–H groups in total. The number of amides is 2. The highest BCUT2D eigenvalue weighted by molar-refractivity contribution is 6.30. The topological polar surface area (TPSA) is 55.9 Å². The number of halogens is 2. The molecule has 2 aliphatic heterocycles. The van der Waals surface area contributed by atoms with E-state index in [-0.39, 0.29) is 24.2 Å². The van der Waals surface area contributed by atoms with Crippen molar-refractivity contribution in [2.45, 2.75) is 12.8 Å². The Morgan fingerprint density at radius 1 is 0.889 bits per heavy atom. The Morgan fingerprint density at radius 2 is 1.48 bits per heavy atom. The first kappa shape index (κ1) is 22.0. The summed E-state index contributed by atoms with van der Waals surface area (Å²) in [6.07, 6.45) is 0.984. The Morgan fingerprint density at radius 3 is 2.11 bits per heavy atom. The van der Waals surface area contributed by atoms with Crippen LogP contribution in [0.2, 0.25) is 5.02 Å². The van der Waals surface area contributed by atoms with E-state index in [4.69, 9.17) is 11.6 Å². The van der Waals surface area contributed by atoms with Crippen molar-refractivity contribution < 1.29 is 9.59 Å². The second kappa shape index (κ2) is 10.9. The first-order valence-electron chi connectivity index (χ1n) is 9.35. The van der Waals surface area contributed by atoms with Gasteiger partial charge in [-0.05, 0) is 17.7 Å². The maximum absolute atomic E-state index is 12.4. The number of carbonyl (C=O) groups is 2. The summed E-state index contributed by atoms with van der Waals surface area (Å²) >= 11 is 5.88. The van der Waals surface area contributed by atoms with E-state index in [9.17, 15) is 9.59 Å². The molecule has 0 spiro atoms. The second-order valence-corrected chi connectivity index (χ2v) is 7.34. The van der Waals surface area contributed by atoms with E-state index in [1.54, 1.807) is 0 Å². The van der Waals surface area contributed by atoms with Gasteiger partial charge < -0.3 is 15.1 Å². The molecule has 150 valence electrons. The number of nitrogens with zero attached hydrogens (tertiary/aromatic N) is 3. The van der Waals surface area contributed by atoms with Gasteiger partial charge in [0, 0.05) is 70.3 Å². The second-order valence-electron chi connectivity index (χ2n) is 6.91. The number of benzene rings is 1. The molecule has 2 fully saturated rings. The molecule has 2 amide bonds. The number of piperazine rings is 2. The van der Waals surface area contributed by atoms with Gasteiger partial charge in [-0.3, -0.25) is 14.5 Å². The lowest BCUT2D eigenvalue weighted by Crippen LogP contribution is -2.50. The summed E-state index contributed by atoms with van der Waals surface area (Å²) in [7, 11) is 0. The molecule has 0 radical (unpaired) electrons. The highest BCUT2D eigenvalue weighted by atomic mass is 35.5. The number of nitrogens with one attached hydrogen (secondary N) is 1. The molecule has 1 aromatic carbocycles. The Labute approximate surface area is 172 Å². The monoisotopic (exact) mass is 414 g/mol. The molecule has 2 heterocycles. The van der Waals surface area contributed by atoms with Gasteiger partial charge in [-0.2, -0.15) is 0 Å². The fourth-order valence-electron chi connectivity index (χ4n) is 3.44. The molecule has 0 unspecified atom stereocenters. The van der Waals surface area contributed by atoms with Gasteiger partial charge in [0.15, 0.2) is 0 Å². The van der Waals surface area contributed by atoms with Crippen molar-refractivity contribution in [1.82, 2.24) is 20.0 Å². The lowest BCUT2D eigenvalue weighted by atomic mass is 10.1. The Kier molecular flexibility index (Phi) is 8.83. The highest BCUT2D eigenvalue weighted by Crippen LogP contribution is 2.12. The summed E-state index contributed by atoms with van der Waals surface area (Å²) in [5, 5.41) is 3.95. The van der Waals surface area contributed by atoms with E-state index in [1.165, 1.54) is 0 Å². The van der Waals surface area contributed by atoms with E-state index in [0.717, 1.165) is 64.5 Å². The van der Waals surface area contributed by atoms with Crippen LogP contribution in [0.25, 0.3) is 0 Å². The Balaban J connectivity index is 0.00000261. The van der Waals surface area contributed by atoms with Crippen molar-refractivity contribution in [2.24, 2.45) is 0 Å². The van der Waals surface area contributed by atoms with E-state index < -0.39 is 0 Å². The Hall–Kier alpha value is -1.34. The van der Waals surface area contributed by atoms with Crippen molar-refractivity contribution in [3.05, 3.63) is 34.9 Å². The maximum atomic E-state index is 12.4. The quantitative estimate of drug-likeness (QED) is 0.787. The summed E-state index contributed by atoms with van der Waals surface area (Å²) < 4.78 is 0. The third-order valence-electron chi connectivity index (χ3n) is 5.11. The first-order chi connectivity index (χ1) is 12.6. The molecule has 0 atom stereocenters. The summed E-state index contributed by atoms with van der Waals surface area (Å²) in [5.41, 5.74) is 0.989. The predicted octanol–water partition coefficient (Wildman–Crippen LogP) is 1.27. The van der Waals surface area contributed by atoms with Crippen LogP contribution < -0.4 is 5.32 Å². The molecule has 0 aliphatic carbocycles.